The van der Waals surface area contributed by atoms with Crippen molar-refractivity contribution in [3.63, 3.8) is 0 Å². The van der Waals surface area contributed by atoms with Crippen molar-refractivity contribution in [2.75, 3.05) is 11.4 Å². The number of fused-ring (bicyclic) bond motifs is 1. The number of thiazole rings is 1. The highest BCUT2D eigenvalue weighted by atomic mass is 35.5. The minimum absolute atomic E-state index is 0.250. The number of hydrogen-bond acceptors (Lipinski definition) is 5. The Bertz CT molecular complexity index is 1130. The average Bonchev–Trinajstić information content (AvgIpc) is 2.98. The highest BCUT2D eigenvalue weighted by molar-refractivity contribution is 7.89. The maximum absolute atomic E-state index is 12.8. The van der Waals surface area contributed by atoms with Gasteiger partial charge in [0.1, 0.15) is 0 Å². The number of hydrogen-bond donors (Lipinski definition) is 1. The lowest BCUT2D eigenvalue weighted by atomic mass is 9.98. The standard InChI is InChI=1S/C21H22ClN3O2S2/c1-14-21(28-15(2)23-14)13-25-12-18(11-16-10-17(22)8-9-20(16)25)24-29(26,27)19-6-4-3-5-7-19/h3-10,18,24H,11-13H2,1-2H3. The van der Waals surface area contributed by atoms with Crippen LogP contribution in [0.15, 0.2) is 53.4 Å². The van der Waals surface area contributed by atoms with Crippen molar-refractivity contribution >= 4 is 38.6 Å². The molecule has 1 N–H and O–H groups in total. The van der Waals surface area contributed by atoms with Crippen LogP contribution in [0.5, 0.6) is 0 Å². The second-order valence-electron chi connectivity index (χ2n) is 7.23. The van der Waals surface area contributed by atoms with E-state index in [0.717, 1.165) is 22.0 Å². The lowest BCUT2D eigenvalue weighted by Gasteiger charge is -2.36. The zero-order valence-corrected chi connectivity index (χ0v) is 18.6. The molecule has 4 rings (SSSR count). The van der Waals surface area contributed by atoms with E-state index in [0.29, 0.717) is 24.5 Å². The third-order valence-corrected chi connectivity index (χ3v) is 7.83. The highest BCUT2D eigenvalue weighted by Crippen LogP contribution is 2.32. The molecule has 1 unspecified atom stereocenters. The molecule has 0 radical (unpaired) electrons. The van der Waals surface area contributed by atoms with Gasteiger partial charge in [0, 0.05) is 28.2 Å². The minimum atomic E-state index is -3.59. The van der Waals surface area contributed by atoms with Gasteiger partial charge in [0.05, 0.1) is 22.1 Å². The van der Waals surface area contributed by atoms with E-state index in [1.807, 2.05) is 32.0 Å². The third-order valence-electron chi connectivity index (χ3n) is 5.00. The molecule has 0 amide bonds. The van der Waals surface area contributed by atoms with Gasteiger partial charge in [-0.15, -0.1) is 11.3 Å². The van der Waals surface area contributed by atoms with Crippen LogP contribution >= 0.6 is 22.9 Å². The van der Waals surface area contributed by atoms with E-state index in [-0.39, 0.29) is 10.9 Å². The van der Waals surface area contributed by atoms with Crippen molar-refractivity contribution in [2.45, 2.75) is 37.8 Å². The minimum Gasteiger partial charge on any atom is -0.364 e. The Balaban J connectivity index is 1.63. The first-order valence-corrected chi connectivity index (χ1v) is 12.0. The topological polar surface area (TPSA) is 62.3 Å². The second kappa shape index (κ2) is 8.07. The van der Waals surface area contributed by atoms with Crippen LogP contribution in [0.2, 0.25) is 5.02 Å². The Kier molecular flexibility index (Phi) is 5.66. The molecule has 1 aliphatic heterocycles. The maximum atomic E-state index is 12.8. The molecule has 0 saturated carbocycles. The summed E-state index contributed by atoms with van der Waals surface area (Å²) in [4.78, 5) is 8.20. The summed E-state index contributed by atoms with van der Waals surface area (Å²) in [5.74, 6) is 0. The van der Waals surface area contributed by atoms with Gasteiger partial charge in [0.2, 0.25) is 10.0 Å². The number of benzene rings is 2. The lowest BCUT2D eigenvalue weighted by molar-refractivity contribution is 0.525. The van der Waals surface area contributed by atoms with Crippen molar-refractivity contribution < 1.29 is 8.42 Å². The average molecular weight is 448 g/mol. The molecule has 2 aromatic carbocycles. The smallest absolute Gasteiger partial charge is 0.240 e. The van der Waals surface area contributed by atoms with Crippen LogP contribution in [0.3, 0.4) is 0 Å². The molecule has 1 aliphatic rings. The Morgan fingerprint density at radius 1 is 1.21 bits per heavy atom. The first-order valence-electron chi connectivity index (χ1n) is 9.35. The monoisotopic (exact) mass is 447 g/mol. The molecule has 3 aromatic rings. The number of nitrogens with one attached hydrogen (secondary N) is 1. The van der Waals surface area contributed by atoms with Gasteiger partial charge in [-0.2, -0.15) is 0 Å². The molecule has 0 aliphatic carbocycles. The molecule has 5 nitrogen and oxygen atoms in total. The van der Waals surface area contributed by atoms with Crippen molar-refractivity contribution in [3.8, 4) is 0 Å². The highest BCUT2D eigenvalue weighted by Gasteiger charge is 2.29. The molecule has 152 valence electrons. The van der Waals surface area contributed by atoms with Crippen LogP contribution in [0.1, 0.15) is 21.1 Å². The maximum Gasteiger partial charge on any atom is 0.240 e. The fourth-order valence-electron chi connectivity index (χ4n) is 3.73. The first-order chi connectivity index (χ1) is 13.8. The summed E-state index contributed by atoms with van der Waals surface area (Å²) in [5, 5.41) is 1.69. The van der Waals surface area contributed by atoms with E-state index < -0.39 is 10.0 Å². The molecule has 0 fully saturated rings. The SMILES string of the molecule is Cc1nc(C)c(CN2CC(NS(=O)(=O)c3ccccc3)Cc3cc(Cl)ccc32)s1. The lowest BCUT2D eigenvalue weighted by Crippen LogP contribution is -2.48. The second-order valence-corrected chi connectivity index (χ2v) is 10.7. The summed E-state index contributed by atoms with van der Waals surface area (Å²) in [6.45, 7) is 5.29. The summed E-state index contributed by atoms with van der Waals surface area (Å²) in [7, 11) is -3.59. The van der Waals surface area contributed by atoms with Gasteiger partial charge in [-0.05, 0) is 56.2 Å². The fraction of sp³-hybridized carbons (Fsp3) is 0.286. The van der Waals surface area contributed by atoms with E-state index >= 15 is 0 Å². The van der Waals surface area contributed by atoms with E-state index in [9.17, 15) is 8.42 Å². The molecule has 29 heavy (non-hydrogen) atoms. The van der Waals surface area contributed by atoms with Gasteiger partial charge in [0.15, 0.2) is 0 Å². The molecule has 1 atom stereocenters. The van der Waals surface area contributed by atoms with Gasteiger partial charge in [-0.3, -0.25) is 0 Å². The van der Waals surface area contributed by atoms with Crippen LogP contribution in [0, 0.1) is 13.8 Å². The molecular weight excluding hydrogens is 426 g/mol. The van der Waals surface area contributed by atoms with E-state index in [1.54, 1.807) is 41.7 Å². The summed E-state index contributed by atoms with van der Waals surface area (Å²) in [6, 6.07) is 14.1. The predicted octanol–water partition coefficient (Wildman–Crippen LogP) is 4.32. The van der Waals surface area contributed by atoms with Crippen molar-refractivity contribution in [1.29, 1.82) is 0 Å². The fourth-order valence-corrected chi connectivity index (χ4v) is 6.13. The summed E-state index contributed by atoms with van der Waals surface area (Å²) >= 11 is 7.90. The third kappa shape index (κ3) is 4.48. The Hall–Kier alpha value is -1.93. The van der Waals surface area contributed by atoms with E-state index in [1.165, 1.54) is 4.88 Å². The Labute approximate surface area is 180 Å². The zero-order valence-electron chi connectivity index (χ0n) is 16.2. The summed E-state index contributed by atoms with van der Waals surface area (Å²) in [5.41, 5.74) is 3.16. The molecule has 0 saturated heterocycles. The molecule has 8 heteroatoms. The van der Waals surface area contributed by atoms with E-state index in [2.05, 4.69) is 14.6 Å². The molecule has 2 heterocycles. The first kappa shape index (κ1) is 20.3. The van der Waals surface area contributed by atoms with Gasteiger partial charge < -0.3 is 4.90 Å². The number of rotatable bonds is 5. The largest absolute Gasteiger partial charge is 0.364 e. The Morgan fingerprint density at radius 2 is 1.97 bits per heavy atom. The van der Waals surface area contributed by atoms with Crippen molar-refractivity contribution in [2.24, 2.45) is 0 Å². The molecule has 0 bridgehead atoms. The van der Waals surface area contributed by atoms with Crippen molar-refractivity contribution in [3.05, 3.63) is 74.7 Å². The van der Waals surface area contributed by atoms with Crippen LogP contribution in [-0.4, -0.2) is 26.0 Å². The summed E-state index contributed by atoms with van der Waals surface area (Å²) in [6.07, 6.45) is 0.596. The van der Waals surface area contributed by atoms with Crippen LogP contribution < -0.4 is 9.62 Å². The number of sulfonamides is 1. The molecule has 1 aromatic heterocycles. The van der Waals surface area contributed by atoms with E-state index in [4.69, 9.17) is 11.6 Å². The van der Waals surface area contributed by atoms with Gasteiger partial charge >= 0.3 is 0 Å². The number of aromatic nitrogens is 1. The molecule has 0 spiro atoms. The van der Waals surface area contributed by atoms with Crippen LogP contribution in [-0.2, 0) is 23.0 Å². The van der Waals surface area contributed by atoms with Crippen LogP contribution in [0.4, 0.5) is 5.69 Å². The van der Waals surface area contributed by atoms with Gasteiger partial charge in [0.25, 0.3) is 0 Å². The summed E-state index contributed by atoms with van der Waals surface area (Å²) < 4.78 is 28.6. The van der Waals surface area contributed by atoms with Crippen LogP contribution in [0.25, 0.3) is 0 Å². The zero-order chi connectivity index (χ0) is 20.6. The molecular formula is C21H22ClN3O2S2. The normalized spacial score (nSPS) is 16.7. The van der Waals surface area contributed by atoms with Gasteiger partial charge in [-0.25, -0.2) is 18.1 Å². The number of nitrogens with zero attached hydrogens (tertiary/aromatic N) is 2. The van der Waals surface area contributed by atoms with Gasteiger partial charge in [-0.1, -0.05) is 29.8 Å². The quantitative estimate of drug-likeness (QED) is 0.632. The predicted molar refractivity (Wildman–Crippen MR) is 118 cm³/mol. The number of halogens is 1. The Morgan fingerprint density at radius 3 is 2.66 bits per heavy atom. The number of anilines is 1. The van der Waals surface area contributed by atoms with Crippen molar-refractivity contribution in [1.82, 2.24) is 9.71 Å². The number of aryl methyl sites for hydroxylation is 2.